The van der Waals surface area contributed by atoms with Crippen molar-refractivity contribution in [2.75, 3.05) is 33.7 Å². The number of hydrogen-bond donors (Lipinski definition) is 1. The van der Waals surface area contributed by atoms with Crippen LogP contribution in [-0.2, 0) is 9.59 Å². The molecule has 8 heteroatoms. The molecule has 1 N–H and O–H groups in total. The van der Waals surface area contributed by atoms with Crippen molar-refractivity contribution in [2.24, 2.45) is 5.92 Å². The van der Waals surface area contributed by atoms with Gasteiger partial charge in [0.05, 0.1) is 29.4 Å². The van der Waals surface area contributed by atoms with E-state index in [1.807, 2.05) is 4.90 Å². The molecule has 2 unspecified atom stereocenters. The third-order valence-corrected chi connectivity index (χ3v) is 5.68. The minimum atomic E-state index is -0.214. The van der Waals surface area contributed by atoms with E-state index < -0.39 is 0 Å². The van der Waals surface area contributed by atoms with E-state index in [4.69, 9.17) is 0 Å². The number of aromatic nitrogens is 2. The highest BCUT2D eigenvalue weighted by atomic mass is 16.2. The monoisotopic (exact) mass is 387 g/mol. The molecule has 3 heterocycles. The Hall–Kier alpha value is -2.64. The number of aromatic amines is 1. The molecule has 0 aromatic carbocycles. The van der Waals surface area contributed by atoms with E-state index >= 15 is 0 Å². The van der Waals surface area contributed by atoms with E-state index in [1.54, 1.807) is 25.2 Å². The van der Waals surface area contributed by atoms with Gasteiger partial charge in [-0.05, 0) is 38.2 Å². The normalized spacial score (nSPS) is 22.6. The third-order valence-electron chi connectivity index (χ3n) is 5.68. The summed E-state index contributed by atoms with van der Waals surface area (Å²) in [5.41, 5.74) is 1.23. The lowest BCUT2D eigenvalue weighted by Gasteiger charge is -2.40. The Bertz CT molecular complexity index is 757. The topological polar surface area (TPSA) is 89.6 Å². The second kappa shape index (κ2) is 8.58. The molecule has 1 aromatic rings. The van der Waals surface area contributed by atoms with Gasteiger partial charge in [-0.1, -0.05) is 6.58 Å². The van der Waals surface area contributed by atoms with Gasteiger partial charge in [-0.2, -0.15) is 5.10 Å². The summed E-state index contributed by atoms with van der Waals surface area (Å²) in [6.07, 6.45) is 7.16. The number of carbonyl (C=O) groups is 3. The molecule has 2 aliphatic rings. The Morgan fingerprint density at radius 3 is 2.71 bits per heavy atom. The molecule has 1 aromatic heterocycles. The number of nitrogens with zero attached hydrogens (tertiary/aromatic N) is 4. The molecule has 8 nitrogen and oxygen atoms in total. The van der Waals surface area contributed by atoms with Gasteiger partial charge in [-0.3, -0.25) is 19.5 Å². The van der Waals surface area contributed by atoms with Crippen LogP contribution in [0.25, 0.3) is 0 Å². The fourth-order valence-corrected chi connectivity index (χ4v) is 4.20. The highest BCUT2D eigenvalue weighted by Crippen LogP contribution is 2.34. The van der Waals surface area contributed by atoms with Crippen LogP contribution < -0.4 is 0 Å². The Balaban J connectivity index is 1.81. The first-order valence-corrected chi connectivity index (χ1v) is 9.90. The fourth-order valence-electron chi connectivity index (χ4n) is 4.20. The average molecular weight is 387 g/mol. The van der Waals surface area contributed by atoms with Crippen LogP contribution >= 0.6 is 0 Å². The quantitative estimate of drug-likeness (QED) is 0.795. The van der Waals surface area contributed by atoms with Gasteiger partial charge in [0.25, 0.3) is 5.91 Å². The van der Waals surface area contributed by atoms with Crippen molar-refractivity contribution in [1.29, 1.82) is 0 Å². The highest BCUT2D eigenvalue weighted by Gasteiger charge is 2.37. The van der Waals surface area contributed by atoms with Crippen LogP contribution in [0.3, 0.4) is 0 Å². The van der Waals surface area contributed by atoms with Crippen molar-refractivity contribution >= 4 is 17.7 Å². The van der Waals surface area contributed by atoms with Gasteiger partial charge in [-0.15, -0.1) is 0 Å². The van der Waals surface area contributed by atoms with E-state index in [0.717, 1.165) is 32.1 Å². The second-order valence-corrected chi connectivity index (χ2v) is 7.77. The summed E-state index contributed by atoms with van der Waals surface area (Å²) in [4.78, 5) is 42.9. The van der Waals surface area contributed by atoms with Gasteiger partial charge in [-0.25, -0.2) is 0 Å². The Kier molecular flexibility index (Phi) is 6.16. The molecular weight excluding hydrogens is 358 g/mol. The van der Waals surface area contributed by atoms with Crippen LogP contribution in [0.1, 0.15) is 54.2 Å². The van der Waals surface area contributed by atoms with E-state index in [9.17, 15) is 14.4 Å². The molecule has 2 fully saturated rings. The van der Waals surface area contributed by atoms with Gasteiger partial charge in [0.15, 0.2) is 0 Å². The Morgan fingerprint density at radius 2 is 2.00 bits per heavy atom. The standard InChI is InChI=1S/C20H29N5O3/c1-4-17(26)24-10-7-8-14(13-24)19(27)25-11-6-5-9-16(25)18-15(12-21-22-18)20(28)23(2)3/h4,12,14,16H,1,5-11,13H2,2-3H3,(H,21,22). The number of carbonyl (C=O) groups excluding carboxylic acids is 3. The van der Waals surface area contributed by atoms with Crippen LogP contribution in [0.4, 0.5) is 0 Å². The molecule has 2 atom stereocenters. The largest absolute Gasteiger partial charge is 0.345 e. The van der Waals surface area contributed by atoms with Crippen molar-refractivity contribution in [2.45, 2.75) is 38.1 Å². The SMILES string of the molecule is C=CC(=O)N1CCCC(C(=O)N2CCCCC2c2[nH]ncc2C(=O)N(C)C)C1. The Morgan fingerprint density at radius 1 is 1.21 bits per heavy atom. The van der Waals surface area contributed by atoms with Gasteiger partial charge in [0.2, 0.25) is 11.8 Å². The maximum atomic E-state index is 13.4. The summed E-state index contributed by atoms with van der Waals surface area (Å²) in [5, 5.41) is 7.04. The molecule has 0 saturated carbocycles. The summed E-state index contributed by atoms with van der Waals surface area (Å²) in [6.45, 7) is 5.30. The van der Waals surface area contributed by atoms with Gasteiger partial charge >= 0.3 is 0 Å². The molecular formula is C20H29N5O3. The first kappa shape index (κ1) is 20.1. The van der Waals surface area contributed by atoms with E-state index in [0.29, 0.717) is 30.9 Å². The lowest BCUT2D eigenvalue weighted by atomic mass is 9.91. The first-order chi connectivity index (χ1) is 13.4. The van der Waals surface area contributed by atoms with Crippen molar-refractivity contribution in [3.8, 4) is 0 Å². The van der Waals surface area contributed by atoms with Crippen LogP contribution in [-0.4, -0.2) is 76.3 Å². The maximum absolute atomic E-state index is 13.4. The number of nitrogens with one attached hydrogen (secondary N) is 1. The molecule has 0 aliphatic carbocycles. The van der Waals surface area contributed by atoms with Crippen molar-refractivity contribution in [3.63, 3.8) is 0 Å². The van der Waals surface area contributed by atoms with Crippen molar-refractivity contribution in [1.82, 2.24) is 24.9 Å². The zero-order chi connectivity index (χ0) is 20.3. The first-order valence-electron chi connectivity index (χ1n) is 9.90. The number of rotatable bonds is 4. The smallest absolute Gasteiger partial charge is 0.256 e. The average Bonchev–Trinajstić information content (AvgIpc) is 3.21. The molecule has 152 valence electrons. The predicted octanol–water partition coefficient (Wildman–Crippen LogP) is 1.59. The van der Waals surface area contributed by atoms with Gasteiger partial charge < -0.3 is 14.7 Å². The van der Waals surface area contributed by atoms with E-state index in [2.05, 4.69) is 16.8 Å². The van der Waals surface area contributed by atoms with Crippen molar-refractivity contribution in [3.05, 3.63) is 30.1 Å². The molecule has 0 spiro atoms. The number of amides is 3. The third kappa shape index (κ3) is 3.95. The zero-order valence-electron chi connectivity index (χ0n) is 16.7. The number of H-pyrrole nitrogens is 1. The molecule has 3 rings (SSSR count). The number of likely N-dealkylation sites (tertiary alicyclic amines) is 2. The lowest BCUT2D eigenvalue weighted by molar-refractivity contribution is -0.143. The molecule has 3 amide bonds. The van der Waals surface area contributed by atoms with Crippen molar-refractivity contribution < 1.29 is 14.4 Å². The maximum Gasteiger partial charge on any atom is 0.256 e. The summed E-state index contributed by atoms with van der Waals surface area (Å²) in [6, 6.07) is -0.187. The fraction of sp³-hybridized carbons (Fsp3) is 0.600. The van der Waals surface area contributed by atoms with Crippen LogP contribution in [0, 0.1) is 5.92 Å². The second-order valence-electron chi connectivity index (χ2n) is 7.77. The van der Waals surface area contributed by atoms with Crippen LogP contribution in [0.2, 0.25) is 0 Å². The zero-order valence-corrected chi connectivity index (χ0v) is 16.7. The molecule has 2 aliphatic heterocycles. The molecule has 0 radical (unpaired) electrons. The van der Waals surface area contributed by atoms with Gasteiger partial charge in [0, 0.05) is 33.7 Å². The highest BCUT2D eigenvalue weighted by molar-refractivity contribution is 5.95. The van der Waals surface area contributed by atoms with Crippen LogP contribution in [0.15, 0.2) is 18.9 Å². The number of hydrogen-bond acceptors (Lipinski definition) is 4. The molecule has 28 heavy (non-hydrogen) atoms. The number of piperidine rings is 2. The molecule has 0 bridgehead atoms. The summed E-state index contributed by atoms with van der Waals surface area (Å²) in [7, 11) is 3.41. The minimum absolute atomic E-state index is 0.0594. The van der Waals surface area contributed by atoms with E-state index in [-0.39, 0.29) is 29.7 Å². The van der Waals surface area contributed by atoms with Gasteiger partial charge in [0.1, 0.15) is 0 Å². The minimum Gasteiger partial charge on any atom is -0.345 e. The summed E-state index contributed by atoms with van der Waals surface area (Å²) in [5.74, 6) is -0.402. The summed E-state index contributed by atoms with van der Waals surface area (Å²) < 4.78 is 0. The molecule has 2 saturated heterocycles. The predicted molar refractivity (Wildman–Crippen MR) is 104 cm³/mol. The Labute approximate surface area is 165 Å². The summed E-state index contributed by atoms with van der Waals surface area (Å²) >= 11 is 0. The van der Waals surface area contributed by atoms with E-state index in [1.165, 1.54) is 11.0 Å². The van der Waals surface area contributed by atoms with Crippen LogP contribution in [0.5, 0.6) is 0 Å². The lowest BCUT2D eigenvalue weighted by Crippen LogP contribution is -2.48.